The van der Waals surface area contributed by atoms with Crippen LogP contribution in [0.5, 0.6) is 0 Å². The van der Waals surface area contributed by atoms with Crippen molar-refractivity contribution in [2.24, 2.45) is 11.8 Å². The molecule has 19 heavy (non-hydrogen) atoms. The standard InChI is InChI=1S/C12H21N7/c1-7(2)5-8(3)19(4)11-9-6-14-18-10(9)15-12(16-11)17-13/h6-8H,5,13H2,1-4H3,(H2,14,15,16,17,18). The Morgan fingerprint density at radius 2 is 2.11 bits per heavy atom. The van der Waals surface area contributed by atoms with E-state index in [0.717, 1.165) is 17.6 Å². The zero-order valence-corrected chi connectivity index (χ0v) is 11.8. The summed E-state index contributed by atoms with van der Waals surface area (Å²) in [5, 5.41) is 7.76. The number of hydrogen-bond acceptors (Lipinski definition) is 6. The SMILES string of the molecule is CC(C)CC(C)N(C)c1nc(NN)nc2[nH]ncc12. The van der Waals surface area contributed by atoms with Crippen molar-refractivity contribution in [3.05, 3.63) is 6.20 Å². The first kappa shape index (κ1) is 13.5. The molecule has 0 aliphatic carbocycles. The first-order chi connectivity index (χ1) is 9.02. The van der Waals surface area contributed by atoms with Crippen molar-refractivity contribution in [1.82, 2.24) is 20.2 Å². The van der Waals surface area contributed by atoms with Crippen molar-refractivity contribution in [2.45, 2.75) is 33.2 Å². The number of anilines is 2. The molecule has 0 bridgehead atoms. The molecule has 2 aromatic heterocycles. The van der Waals surface area contributed by atoms with Gasteiger partial charge in [0.2, 0.25) is 5.95 Å². The molecule has 0 aromatic carbocycles. The van der Waals surface area contributed by atoms with Crippen molar-refractivity contribution in [1.29, 1.82) is 0 Å². The summed E-state index contributed by atoms with van der Waals surface area (Å²) < 4.78 is 0. The topological polar surface area (TPSA) is 95.8 Å². The summed E-state index contributed by atoms with van der Waals surface area (Å²) in [6, 6.07) is 0.374. The van der Waals surface area contributed by atoms with Crippen molar-refractivity contribution >= 4 is 22.8 Å². The Morgan fingerprint density at radius 3 is 2.74 bits per heavy atom. The van der Waals surface area contributed by atoms with E-state index in [0.29, 0.717) is 23.6 Å². The molecule has 0 amide bonds. The van der Waals surface area contributed by atoms with Crippen LogP contribution >= 0.6 is 0 Å². The maximum Gasteiger partial charge on any atom is 0.241 e. The lowest BCUT2D eigenvalue weighted by Crippen LogP contribution is -2.31. The van der Waals surface area contributed by atoms with Crippen LogP contribution in [-0.4, -0.2) is 33.3 Å². The summed E-state index contributed by atoms with van der Waals surface area (Å²) in [5.41, 5.74) is 3.17. The summed E-state index contributed by atoms with van der Waals surface area (Å²) in [7, 11) is 2.03. The van der Waals surface area contributed by atoms with E-state index in [2.05, 4.69) is 51.3 Å². The first-order valence-electron chi connectivity index (χ1n) is 6.43. The molecule has 1 unspecified atom stereocenters. The number of rotatable bonds is 5. The van der Waals surface area contributed by atoms with Crippen LogP contribution < -0.4 is 16.2 Å². The number of aromatic amines is 1. The quantitative estimate of drug-likeness (QED) is 0.559. The van der Waals surface area contributed by atoms with Crippen LogP contribution in [0.15, 0.2) is 6.20 Å². The van der Waals surface area contributed by atoms with Gasteiger partial charge in [0.05, 0.1) is 11.6 Å². The van der Waals surface area contributed by atoms with Crippen LogP contribution in [-0.2, 0) is 0 Å². The monoisotopic (exact) mass is 263 g/mol. The van der Waals surface area contributed by atoms with Crippen molar-refractivity contribution in [2.75, 3.05) is 17.4 Å². The van der Waals surface area contributed by atoms with Gasteiger partial charge >= 0.3 is 0 Å². The second-order valence-corrected chi connectivity index (χ2v) is 5.24. The highest BCUT2D eigenvalue weighted by molar-refractivity contribution is 5.87. The highest BCUT2D eigenvalue weighted by Gasteiger charge is 2.18. The van der Waals surface area contributed by atoms with E-state index in [4.69, 9.17) is 5.84 Å². The molecule has 2 aromatic rings. The molecule has 0 aliphatic rings. The normalized spacial score (nSPS) is 12.9. The third kappa shape index (κ3) is 2.76. The van der Waals surface area contributed by atoms with Gasteiger partial charge in [-0.1, -0.05) is 13.8 Å². The zero-order chi connectivity index (χ0) is 14.0. The molecule has 4 N–H and O–H groups in total. The molecular weight excluding hydrogens is 242 g/mol. The predicted octanol–water partition coefficient (Wildman–Crippen LogP) is 1.51. The van der Waals surface area contributed by atoms with Gasteiger partial charge in [0.25, 0.3) is 0 Å². The van der Waals surface area contributed by atoms with Crippen LogP contribution in [0, 0.1) is 5.92 Å². The summed E-state index contributed by atoms with van der Waals surface area (Å²) >= 11 is 0. The summed E-state index contributed by atoms with van der Waals surface area (Å²) in [6.45, 7) is 6.61. The Morgan fingerprint density at radius 1 is 1.37 bits per heavy atom. The highest BCUT2D eigenvalue weighted by Crippen LogP contribution is 2.25. The lowest BCUT2D eigenvalue weighted by atomic mass is 10.0. The molecule has 7 nitrogen and oxygen atoms in total. The number of fused-ring (bicyclic) bond motifs is 1. The summed E-state index contributed by atoms with van der Waals surface area (Å²) in [6.07, 6.45) is 2.83. The minimum absolute atomic E-state index is 0.374. The first-order valence-corrected chi connectivity index (χ1v) is 6.43. The van der Waals surface area contributed by atoms with E-state index >= 15 is 0 Å². The fraction of sp³-hybridized carbons (Fsp3) is 0.583. The molecule has 1 atom stereocenters. The molecule has 104 valence electrons. The van der Waals surface area contributed by atoms with Crippen LogP contribution in [0.1, 0.15) is 27.2 Å². The van der Waals surface area contributed by atoms with Gasteiger partial charge < -0.3 is 4.90 Å². The Balaban J connectivity index is 2.39. The number of nitrogens with zero attached hydrogens (tertiary/aromatic N) is 4. The van der Waals surface area contributed by atoms with Crippen LogP contribution in [0.4, 0.5) is 11.8 Å². The zero-order valence-electron chi connectivity index (χ0n) is 11.8. The van der Waals surface area contributed by atoms with Gasteiger partial charge in [-0.2, -0.15) is 15.1 Å². The number of hydrazine groups is 1. The number of aromatic nitrogens is 4. The Bertz CT molecular complexity index is 548. The highest BCUT2D eigenvalue weighted by atomic mass is 15.3. The van der Waals surface area contributed by atoms with Gasteiger partial charge in [-0.3, -0.25) is 10.5 Å². The third-order valence-corrected chi connectivity index (χ3v) is 3.23. The van der Waals surface area contributed by atoms with Crippen LogP contribution in [0.3, 0.4) is 0 Å². The smallest absolute Gasteiger partial charge is 0.241 e. The Hall–Kier alpha value is -1.89. The number of H-pyrrole nitrogens is 1. The molecule has 0 spiro atoms. The van der Waals surface area contributed by atoms with E-state index in [1.165, 1.54) is 0 Å². The fourth-order valence-electron chi connectivity index (χ4n) is 2.20. The minimum atomic E-state index is 0.374. The maximum absolute atomic E-state index is 5.41. The van der Waals surface area contributed by atoms with Gasteiger partial charge in [-0.05, 0) is 19.3 Å². The van der Waals surface area contributed by atoms with Gasteiger partial charge in [0.1, 0.15) is 5.82 Å². The lowest BCUT2D eigenvalue weighted by Gasteiger charge is -2.27. The van der Waals surface area contributed by atoms with E-state index in [1.807, 2.05) is 7.05 Å². The number of nitrogen functional groups attached to an aromatic ring is 1. The Kier molecular flexibility index (Phi) is 3.84. The third-order valence-electron chi connectivity index (χ3n) is 3.23. The van der Waals surface area contributed by atoms with Gasteiger partial charge in [0, 0.05) is 13.1 Å². The molecule has 0 saturated carbocycles. The van der Waals surface area contributed by atoms with E-state index < -0.39 is 0 Å². The fourth-order valence-corrected chi connectivity index (χ4v) is 2.20. The van der Waals surface area contributed by atoms with Crippen LogP contribution in [0.25, 0.3) is 11.0 Å². The Labute approximate surface area is 112 Å². The molecule has 0 saturated heterocycles. The average molecular weight is 263 g/mol. The van der Waals surface area contributed by atoms with Gasteiger partial charge in [-0.25, -0.2) is 5.84 Å². The molecule has 2 rings (SSSR count). The maximum atomic E-state index is 5.41. The van der Waals surface area contributed by atoms with Gasteiger partial charge in [0.15, 0.2) is 5.65 Å². The van der Waals surface area contributed by atoms with Crippen molar-refractivity contribution < 1.29 is 0 Å². The predicted molar refractivity (Wildman–Crippen MR) is 76.8 cm³/mol. The van der Waals surface area contributed by atoms with Crippen molar-refractivity contribution in [3.8, 4) is 0 Å². The number of hydrogen-bond donors (Lipinski definition) is 3. The van der Waals surface area contributed by atoms with E-state index in [1.54, 1.807) is 6.20 Å². The van der Waals surface area contributed by atoms with E-state index in [9.17, 15) is 0 Å². The largest absolute Gasteiger partial charge is 0.356 e. The molecule has 0 fully saturated rings. The molecule has 2 heterocycles. The number of nitrogens with two attached hydrogens (primary N) is 1. The van der Waals surface area contributed by atoms with Crippen LogP contribution in [0.2, 0.25) is 0 Å². The van der Waals surface area contributed by atoms with E-state index in [-0.39, 0.29) is 0 Å². The molecule has 0 aliphatic heterocycles. The second kappa shape index (κ2) is 5.40. The second-order valence-electron chi connectivity index (χ2n) is 5.24. The molecular formula is C12H21N7. The average Bonchev–Trinajstić information content (AvgIpc) is 2.83. The molecule has 7 heteroatoms. The van der Waals surface area contributed by atoms with Crippen molar-refractivity contribution in [3.63, 3.8) is 0 Å². The van der Waals surface area contributed by atoms with Gasteiger partial charge in [-0.15, -0.1) is 0 Å². The summed E-state index contributed by atoms with van der Waals surface area (Å²) in [4.78, 5) is 10.8. The molecule has 0 radical (unpaired) electrons. The summed E-state index contributed by atoms with van der Waals surface area (Å²) in [5.74, 6) is 7.26. The lowest BCUT2D eigenvalue weighted by molar-refractivity contribution is 0.503. The minimum Gasteiger partial charge on any atom is -0.356 e. The number of nitrogens with one attached hydrogen (secondary N) is 2.